The molecule has 0 fully saturated rings. The molecule has 4 heteroatoms. The fourth-order valence-corrected chi connectivity index (χ4v) is 1.18. The average molecular weight is 215 g/mol. The van der Waals surface area contributed by atoms with Crippen LogP contribution in [0.25, 0.3) is 0 Å². The molecule has 0 radical (unpaired) electrons. The number of rotatable bonds is 6. The van der Waals surface area contributed by atoms with E-state index >= 15 is 0 Å². The third-order valence-electron chi connectivity index (χ3n) is 3.04. The second-order valence-electron chi connectivity index (χ2n) is 4.56. The van der Waals surface area contributed by atoms with Gasteiger partial charge in [-0.15, -0.1) is 0 Å². The van der Waals surface area contributed by atoms with Gasteiger partial charge < -0.3 is 16.8 Å². The molecule has 15 heavy (non-hydrogen) atoms. The summed E-state index contributed by atoms with van der Waals surface area (Å²) in [6.45, 7) is 8.41. The Balaban J connectivity index is 4.10. The van der Waals surface area contributed by atoms with Crippen molar-refractivity contribution in [3.63, 3.8) is 0 Å². The van der Waals surface area contributed by atoms with Crippen LogP contribution in [-0.2, 0) is 4.79 Å². The van der Waals surface area contributed by atoms with Crippen molar-refractivity contribution in [3.8, 4) is 0 Å². The van der Waals surface area contributed by atoms with Crippen molar-refractivity contribution in [2.75, 3.05) is 6.54 Å². The van der Waals surface area contributed by atoms with Gasteiger partial charge >= 0.3 is 0 Å². The Bertz CT molecular complexity index is 200. The number of nitrogens with one attached hydrogen (secondary N) is 1. The molecule has 0 heterocycles. The molecule has 0 spiro atoms. The smallest absolute Gasteiger partial charge is 0.237 e. The summed E-state index contributed by atoms with van der Waals surface area (Å²) in [4.78, 5) is 11.6. The quantitative estimate of drug-likeness (QED) is 0.607. The third kappa shape index (κ3) is 4.62. The number of amides is 1. The molecule has 0 saturated heterocycles. The van der Waals surface area contributed by atoms with E-state index in [-0.39, 0.29) is 17.4 Å². The maximum atomic E-state index is 11.6. The van der Waals surface area contributed by atoms with E-state index in [9.17, 15) is 4.79 Å². The Kier molecular flexibility index (Phi) is 5.83. The first kappa shape index (κ1) is 14.4. The maximum absolute atomic E-state index is 11.6. The monoisotopic (exact) mass is 215 g/mol. The van der Waals surface area contributed by atoms with Crippen LogP contribution in [0.3, 0.4) is 0 Å². The first-order valence-corrected chi connectivity index (χ1v) is 5.68. The predicted molar refractivity (Wildman–Crippen MR) is 63.3 cm³/mol. The van der Waals surface area contributed by atoms with Crippen LogP contribution in [0.2, 0.25) is 0 Å². The van der Waals surface area contributed by atoms with Gasteiger partial charge in [0.2, 0.25) is 5.91 Å². The molecule has 1 atom stereocenters. The molecule has 5 N–H and O–H groups in total. The van der Waals surface area contributed by atoms with E-state index in [2.05, 4.69) is 5.32 Å². The van der Waals surface area contributed by atoms with E-state index in [1.807, 2.05) is 27.7 Å². The van der Waals surface area contributed by atoms with Crippen LogP contribution in [-0.4, -0.2) is 24.0 Å². The normalized spacial score (nSPS) is 14.1. The van der Waals surface area contributed by atoms with Crippen molar-refractivity contribution in [2.45, 2.75) is 52.1 Å². The molecule has 0 unspecified atom stereocenters. The minimum atomic E-state index is -0.442. The van der Waals surface area contributed by atoms with E-state index in [1.54, 1.807) is 0 Å². The topological polar surface area (TPSA) is 81.1 Å². The zero-order valence-electron chi connectivity index (χ0n) is 10.3. The van der Waals surface area contributed by atoms with Crippen LogP contribution in [0.15, 0.2) is 0 Å². The van der Waals surface area contributed by atoms with Crippen LogP contribution in [0.4, 0.5) is 0 Å². The Hall–Kier alpha value is -0.610. The van der Waals surface area contributed by atoms with Crippen molar-refractivity contribution in [2.24, 2.45) is 17.4 Å². The van der Waals surface area contributed by atoms with Gasteiger partial charge in [0.1, 0.15) is 0 Å². The summed E-state index contributed by atoms with van der Waals surface area (Å²) >= 11 is 0. The van der Waals surface area contributed by atoms with Gasteiger partial charge in [0.05, 0.1) is 6.04 Å². The lowest BCUT2D eigenvalue weighted by Gasteiger charge is -2.28. The lowest BCUT2D eigenvalue weighted by molar-refractivity contribution is -0.123. The summed E-state index contributed by atoms with van der Waals surface area (Å²) in [5, 5.41) is 2.82. The van der Waals surface area contributed by atoms with E-state index in [4.69, 9.17) is 11.5 Å². The molecule has 0 saturated carbocycles. The van der Waals surface area contributed by atoms with Crippen molar-refractivity contribution >= 4 is 5.91 Å². The molecule has 0 aromatic heterocycles. The highest BCUT2D eigenvalue weighted by Gasteiger charge is 2.23. The summed E-state index contributed by atoms with van der Waals surface area (Å²) < 4.78 is 0. The molecule has 0 aliphatic carbocycles. The largest absolute Gasteiger partial charge is 0.353 e. The molecule has 0 rings (SSSR count). The minimum Gasteiger partial charge on any atom is -0.353 e. The van der Waals surface area contributed by atoms with E-state index in [0.29, 0.717) is 6.54 Å². The molecule has 0 aliphatic heterocycles. The van der Waals surface area contributed by atoms with Crippen molar-refractivity contribution in [1.82, 2.24) is 5.32 Å². The van der Waals surface area contributed by atoms with Gasteiger partial charge in [0.15, 0.2) is 0 Å². The van der Waals surface area contributed by atoms with Gasteiger partial charge in [0.25, 0.3) is 0 Å². The van der Waals surface area contributed by atoms with Crippen molar-refractivity contribution < 1.29 is 4.79 Å². The van der Waals surface area contributed by atoms with Crippen LogP contribution in [0.5, 0.6) is 0 Å². The SMILES string of the molecule is CCC(N)(CC)CNC(=O)[C@@H](N)C(C)C. The summed E-state index contributed by atoms with van der Waals surface area (Å²) in [5.74, 6) is 0.0437. The number of carbonyl (C=O) groups excluding carboxylic acids is 1. The Morgan fingerprint density at radius 1 is 1.33 bits per heavy atom. The first-order valence-electron chi connectivity index (χ1n) is 5.68. The molecule has 0 aromatic carbocycles. The lowest BCUT2D eigenvalue weighted by atomic mass is 9.94. The van der Waals surface area contributed by atoms with Crippen molar-refractivity contribution in [3.05, 3.63) is 0 Å². The van der Waals surface area contributed by atoms with Gasteiger partial charge in [-0.2, -0.15) is 0 Å². The molecule has 4 nitrogen and oxygen atoms in total. The number of carbonyl (C=O) groups is 1. The molecule has 90 valence electrons. The van der Waals surface area contributed by atoms with Crippen LogP contribution in [0, 0.1) is 5.92 Å². The van der Waals surface area contributed by atoms with Gasteiger partial charge in [-0.1, -0.05) is 27.7 Å². The molecule has 0 aliphatic rings. The van der Waals surface area contributed by atoms with E-state index < -0.39 is 6.04 Å². The molecule has 0 bridgehead atoms. The number of nitrogens with two attached hydrogens (primary N) is 2. The van der Waals surface area contributed by atoms with Crippen LogP contribution >= 0.6 is 0 Å². The minimum absolute atomic E-state index is 0.110. The van der Waals surface area contributed by atoms with Crippen molar-refractivity contribution in [1.29, 1.82) is 0 Å². The van der Waals surface area contributed by atoms with E-state index in [0.717, 1.165) is 12.8 Å². The predicted octanol–water partition coefficient (Wildman–Crippen LogP) is 0.603. The zero-order valence-corrected chi connectivity index (χ0v) is 10.3. The highest BCUT2D eigenvalue weighted by atomic mass is 16.2. The van der Waals surface area contributed by atoms with Crippen LogP contribution in [0.1, 0.15) is 40.5 Å². The highest BCUT2D eigenvalue weighted by Crippen LogP contribution is 2.09. The maximum Gasteiger partial charge on any atom is 0.237 e. The standard InChI is InChI=1S/C11H25N3O/c1-5-11(13,6-2)7-14-10(15)9(12)8(3)4/h8-9H,5-7,12-13H2,1-4H3,(H,14,15)/t9-/m0/s1. The molecule has 1 amide bonds. The second-order valence-corrected chi connectivity index (χ2v) is 4.56. The van der Waals surface area contributed by atoms with E-state index in [1.165, 1.54) is 0 Å². The Labute approximate surface area is 92.8 Å². The number of hydrogen-bond donors (Lipinski definition) is 3. The number of hydrogen-bond acceptors (Lipinski definition) is 3. The van der Waals surface area contributed by atoms with Gasteiger partial charge in [-0.05, 0) is 18.8 Å². The highest BCUT2D eigenvalue weighted by molar-refractivity contribution is 5.81. The fraction of sp³-hybridized carbons (Fsp3) is 0.909. The van der Waals surface area contributed by atoms with Crippen LogP contribution < -0.4 is 16.8 Å². The zero-order chi connectivity index (χ0) is 12.1. The second kappa shape index (κ2) is 6.08. The third-order valence-corrected chi connectivity index (χ3v) is 3.04. The molecular formula is C11H25N3O. The fourth-order valence-electron chi connectivity index (χ4n) is 1.18. The summed E-state index contributed by atoms with van der Waals surface area (Å²) in [6, 6.07) is -0.442. The van der Waals surface area contributed by atoms with Gasteiger partial charge in [-0.25, -0.2) is 0 Å². The van der Waals surface area contributed by atoms with Gasteiger partial charge in [-0.3, -0.25) is 4.79 Å². The summed E-state index contributed by atoms with van der Waals surface area (Å²) in [5.41, 5.74) is 11.5. The first-order chi connectivity index (χ1) is 6.86. The summed E-state index contributed by atoms with van der Waals surface area (Å²) in [6.07, 6.45) is 1.70. The lowest BCUT2D eigenvalue weighted by Crippen LogP contribution is -2.53. The Morgan fingerprint density at radius 2 is 1.80 bits per heavy atom. The Morgan fingerprint density at radius 3 is 2.13 bits per heavy atom. The average Bonchev–Trinajstić information content (AvgIpc) is 2.24. The van der Waals surface area contributed by atoms with Gasteiger partial charge in [0, 0.05) is 12.1 Å². The molecular weight excluding hydrogens is 190 g/mol. The summed E-state index contributed by atoms with van der Waals surface area (Å²) in [7, 11) is 0. The molecule has 0 aromatic rings.